The van der Waals surface area contributed by atoms with Crippen LogP contribution in [0, 0.1) is 0 Å². The lowest BCUT2D eigenvalue weighted by Gasteiger charge is -1.95. The summed E-state index contributed by atoms with van der Waals surface area (Å²) in [7, 11) is 0. The van der Waals surface area contributed by atoms with Gasteiger partial charge in [-0.05, 0) is 13.0 Å². The van der Waals surface area contributed by atoms with Crippen molar-refractivity contribution in [1.82, 2.24) is 9.97 Å². The van der Waals surface area contributed by atoms with Gasteiger partial charge in [-0.1, -0.05) is 46.4 Å². The predicted molar refractivity (Wildman–Crippen MR) is 69.5 cm³/mol. The molecule has 1 aromatic rings. The van der Waals surface area contributed by atoms with Gasteiger partial charge < -0.3 is 0 Å². The molecule has 0 amide bonds. The predicted octanol–water partition coefficient (Wildman–Crippen LogP) is 4.21. The van der Waals surface area contributed by atoms with Crippen LogP contribution in [-0.2, 0) is 0 Å². The third-order valence-electron chi connectivity index (χ3n) is 1.32. The molecule has 0 saturated heterocycles. The molecule has 0 N–H and O–H groups in total. The minimum atomic E-state index is 0.914. The van der Waals surface area contributed by atoms with E-state index in [0.29, 0.717) is 0 Å². The second-order valence-electron chi connectivity index (χ2n) is 2.07. The molecule has 0 bridgehead atoms. The normalized spacial score (nSPS) is 8.33. The molecular formula is C13H22N2. The highest BCUT2D eigenvalue weighted by Crippen LogP contribution is 2.06. The first-order valence-corrected chi connectivity index (χ1v) is 5.43. The van der Waals surface area contributed by atoms with Crippen LogP contribution in [0.25, 0.3) is 12.2 Å². The van der Waals surface area contributed by atoms with Crippen molar-refractivity contribution in [3.8, 4) is 0 Å². The van der Waals surface area contributed by atoms with Gasteiger partial charge in [-0.15, -0.1) is 0 Å². The standard InChI is InChI=1S/C9H10N2.2C2H6/c1-3-5-9-8(4-2)6-10-7-11-9;2*1-2/h3-7H,2H2,1H3;2*1-2H3/b5-3-;;. The van der Waals surface area contributed by atoms with Crippen LogP contribution < -0.4 is 0 Å². The van der Waals surface area contributed by atoms with Crippen LogP contribution in [0.15, 0.2) is 25.2 Å². The van der Waals surface area contributed by atoms with E-state index in [2.05, 4.69) is 16.5 Å². The summed E-state index contributed by atoms with van der Waals surface area (Å²) < 4.78 is 0. The Hall–Kier alpha value is -1.44. The molecular weight excluding hydrogens is 184 g/mol. The molecule has 1 rings (SSSR count). The summed E-state index contributed by atoms with van der Waals surface area (Å²) in [4.78, 5) is 7.95. The lowest BCUT2D eigenvalue weighted by molar-refractivity contribution is 1.14. The van der Waals surface area contributed by atoms with Crippen LogP contribution in [0.1, 0.15) is 45.9 Å². The Morgan fingerprint density at radius 1 is 1.20 bits per heavy atom. The summed E-state index contributed by atoms with van der Waals surface area (Å²) in [5, 5.41) is 0. The highest BCUT2D eigenvalue weighted by molar-refractivity contribution is 5.59. The number of allylic oxidation sites excluding steroid dienone is 1. The van der Waals surface area contributed by atoms with Gasteiger partial charge in [-0.25, -0.2) is 9.97 Å². The Labute approximate surface area is 93.8 Å². The maximum atomic E-state index is 4.07. The van der Waals surface area contributed by atoms with E-state index < -0.39 is 0 Å². The molecule has 2 heteroatoms. The Morgan fingerprint density at radius 2 is 1.80 bits per heavy atom. The number of hydrogen-bond donors (Lipinski definition) is 0. The van der Waals surface area contributed by atoms with E-state index in [1.165, 1.54) is 6.33 Å². The zero-order valence-corrected chi connectivity index (χ0v) is 10.5. The molecule has 0 unspecified atom stereocenters. The molecule has 0 fully saturated rings. The fraction of sp³-hybridized carbons (Fsp3) is 0.385. The van der Waals surface area contributed by atoms with E-state index in [0.717, 1.165) is 11.3 Å². The Bertz CT molecular complexity index is 278. The summed E-state index contributed by atoms with van der Waals surface area (Å²) in [6.45, 7) is 13.6. The monoisotopic (exact) mass is 206 g/mol. The Kier molecular flexibility index (Phi) is 13.4. The fourth-order valence-electron chi connectivity index (χ4n) is 0.804. The first-order chi connectivity index (χ1) is 7.38. The van der Waals surface area contributed by atoms with Crippen LogP contribution in [-0.4, -0.2) is 9.97 Å². The van der Waals surface area contributed by atoms with Gasteiger partial charge in [0.2, 0.25) is 0 Å². The highest BCUT2D eigenvalue weighted by atomic mass is 14.8. The minimum absolute atomic E-state index is 0.914. The molecule has 84 valence electrons. The third-order valence-corrected chi connectivity index (χ3v) is 1.32. The van der Waals surface area contributed by atoms with Crippen molar-refractivity contribution in [2.45, 2.75) is 34.6 Å². The first-order valence-electron chi connectivity index (χ1n) is 5.43. The molecule has 0 atom stereocenters. The molecule has 0 aliphatic rings. The largest absolute Gasteiger partial charge is 0.244 e. The van der Waals surface area contributed by atoms with Gasteiger partial charge in [0, 0.05) is 11.8 Å². The van der Waals surface area contributed by atoms with Crippen molar-refractivity contribution in [2.24, 2.45) is 0 Å². The van der Waals surface area contributed by atoms with Crippen LogP contribution >= 0.6 is 0 Å². The third kappa shape index (κ3) is 6.61. The van der Waals surface area contributed by atoms with Gasteiger partial charge in [0.15, 0.2) is 0 Å². The lowest BCUT2D eigenvalue weighted by atomic mass is 10.2. The van der Waals surface area contributed by atoms with Crippen LogP contribution in [0.5, 0.6) is 0 Å². The molecule has 15 heavy (non-hydrogen) atoms. The van der Waals surface area contributed by atoms with Crippen LogP contribution in [0.4, 0.5) is 0 Å². The van der Waals surface area contributed by atoms with Gasteiger partial charge in [0.25, 0.3) is 0 Å². The molecule has 0 aliphatic heterocycles. The Balaban J connectivity index is 0. The van der Waals surface area contributed by atoms with Crippen molar-refractivity contribution in [1.29, 1.82) is 0 Å². The number of aromatic nitrogens is 2. The highest BCUT2D eigenvalue weighted by Gasteiger charge is 1.93. The number of hydrogen-bond acceptors (Lipinski definition) is 2. The summed E-state index contributed by atoms with van der Waals surface area (Å²) in [6.07, 6.45) is 8.89. The van der Waals surface area contributed by atoms with E-state index in [-0.39, 0.29) is 0 Å². The summed E-state index contributed by atoms with van der Waals surface area (Å²) >= 11 is 0. The van der Waals surface area contributed by atoms with Crippen LogP contribution in [0.3, 0.4) is 0 Å². The van der Waals surface area contributed by atoms with E-state index >= 15 is 0 Å². The number of rotatable bonds is 2. The fourth-order valence-corrected chi connectivity index (χ4v) is 0.804. The van der Waals surface area contributed by atoms with Crippen molar-refractivity contribution in [3.05, 3.63) is 36.4 Å². The van der Waals surface area contributed by atoms with E-state index in [1.807, 2.05) is 46.8 Å². The number of nitrogens with zero attached hydrogens (tertiary/aromatic N) is 2. The first kappa shape index (κ1) is 16.0. The average Bonchev–Trinajstić information content (AvgIpc) is 2.35. The maximum absolute atomic E-state index is 4.07. The van der Waals surface area contributed by atoms with Gasteiger partial charge in [-0.3, -0.25) is 0 Å². The van der Waals surface area contributed by atoms with Crippen molar-refractivity contribution >= 4 is 12.2 Å². The second kappa shape index (κ2) is 12.6. The van der Waals surface area contributed by atoms with Gasteiger partial charge >= 0.3 is 0 Å². The molecule has 1 heterocycles. The lowest BCUT2D eigenvalue weighted by Crippen LogP contribution is -1.86. The SMILES string of the molecule is C=Cc1cncnc1/C=C\C.CC.CC. The molecule has 1 aromatic heterocycles. The molecule has 0 spiro atoms. The van der Waals surface area contributed by atoms with E-state index in [9.17, 15) is 0 Å². The van der Waals surface area contributed by atoms with Gasteiger partial charge in [-0.2, -0.15) is 0 Å². The summed E-state index contributed by atoms with van der Waals surface area (Å²) in [6, 6.07) is 0. The zero-order valence-electron chi connectivity index (χ0n) is 10.5. The smallest absolute Gasteiger partial charge is 0.116 e. The van der Waals surface area contributed by atoms with E-state index in [1.54, 1.807) is 12.3 Å². The van der Waals surface area contributed by atoms with E-state index in [4.69, 9.17) is 0 Å². The van der Waals surface area contributed by atoms with Crippen molar-refractivity contribution < 1.29 is 0 Å². The van der Waals surface area contributed by atoms with Crippen LogP contribution in [0.2, 0.25) is 0 Å². The minimum Gasteiger partial charge on any atom is -0.244 e. The second-order valence-corrected chi connectivity index (χ2v) is 2.07. The van der Waals surface area contributed by atoms with Crippen molar-refractivity contribution in [2.75, 3.05) is 0 Å². The summed E-state index contributed by atoms with van der Waals surface area (Å²) in [5.41, 5.74) is 1.88. The molecule has 0 radical (unpaired) electrons. The zero-order chi connectivity index (χ0) is 12.1. The Morgan fingerprint density at radius 3 is 2.27 bits per heavy atom. The molecule has 0 saturated carbocycles. The topological polar surface area (TPSA) is 25.8 Å². The van der Waals surface area contributed by atoms with Gasteiger partial charge in [0.1, 0.15) is 6.33 Å². The molecule has 0 aliphatic carbocycles. The average molecular weight is 206 g/mol. The molecule has 0 aromatic carbocycles. The quantitative estimate of drug-likeness (QED) is 0.724. The van der Waals surface area contributed by atoms with Crippen molar-refractivity contribution in [3.63, 3.8) is 0 Å². The van der Waals surface area contributed by atoms with Gasteiger partial charge in [0.05, 0.1) is 5.69 Å². The summed E-state index contributed by atoms with van der Waals surface area (Å²) in [5.74, 6) is 0. The molecule has 2 nitrogen and oxygen atoms in total. The maximum Gasteiger partial charge on any atom is 0.116 e.